The molecule has 0 radical (unpaired) electrons. The number of guanidine groups is 1. The van der Waals surface area contributed by atoms with Crippen molar-refractivity contribution in [3.05, 3.63) is 34.9 Å². The maximum Gasteiger partial charge on any atom is 0.191 e. The van der Waals surface area contributed by atoms with Crippen molar-refractivity contribution >= 4 is 41.5 Å². The number of rotatable bonds is 8. The summed E-state index contributed by atoms with van der Waals surface area (Å²) in [5, 5.41) is 17.4. The molecule has 3 rings (SSSR count). The van der Waals surface area contributed by atoms with Gasteiger partial charge in [-0.15, -0.1) is 24.0 Å². The normalized spacial score (nSPS) is 19.8. The Morgan fingerprint density at radius 1 is 1.06 bits per heavy atom. The molecular weight excluding hydrogens is 525 g/mol. The molecule has 0 spiro atoms. The molecule has 0 bridgehead atoms. The molecule has 0 amide bonds. The van der Waals surface area contributed by atoms with E-state index in [1.54, 1.807) is 0 Å². The first-order valence-corrected chi connectivity index (χ1v) is 11.9. The molecule has 1 aromatic carbocycles. The van der Waals surface area contributed by atoms with Gasteiger partial charge in [-0.2, -0.15) is 0 Å². The second-order valence-electron chi connectivity index (χ2n) is 8.51. The van der Waals surface area contributed by atoms with Crippen LogP contribution in [0.5, 0.6) is 0 Å². The summed E-state index contributed by atoms with van der Waals surface area (Å²) in [4.78, 5) is 9.75. The Balaban J connectivity index is 0.00000341. The number of aliphatic hydroxyl groups excluding tert-OH is 1. The first-order valence-electron chi connectivity index (χ1n) is 11.5. The number of aliphatic imine (C=N–C) groups is 1. The molecule has 0 aliphatic carbocycles. The Morgan fingerprint density at radius 2 is 1.71 bits per heavy atom. The zero-order valence-electron chi connectivity index (χ0n) is 18.7. The molecule has 2 saturated heterocycles. The standard InChI is InChI=1S/C23H38ClN5O.HI/c1-2-25-23(26-12-3-13-28-16-10-22(30)11-17-28)27-21-8-14-29(15-9-21)18-19-4-6-20(24)7-5-19;/h4-7,21-22,30H,2-3,8-18H2,1H3,(H2,25,26,27);1H. The predicted octanol–water partition coefficient (Wildman–Crippen LogP) is 3.32. The van der Waals surface area contributed by atoms with Crippen LogP contribution in [0.2, 0.25) is 5.02 Å². The molecule has 176 valence electrons. The molecule has 0 unspecified atom stereocenters. The van der Waals surface area contributed by atoms with Gasteiger partial charge in [0, 0.05) is 56.9 Å². The fourth-order valence-electron chi connectivity index (χ4n) is 4.22. The van der Waals surface area contributed by atoms with E-state index in [1.165, 1.54) is 5.56 Å². The quantitative estimate of drug-likeness (QED) is 0.196. The molecule has 2 fully saturated rings. The molecule has 0 atom stereocenters. The molecule has 1 aromatic rings. The van der Waals surface area contributed by atoms with Crippen LogP contribution < -0.4 is 10.6 Å². The van der Waals surface area contributed by atoms with Gasteiger partial charge in [0.05, 0.1) is 6.10 Å². The lowest BCUT2D eigenvalue weighted by Gasteiger charge is -2.33. The van der Waals surface area contributed by atoms with Crippen molar-refractivity contribution in [1.82, 2.24) is 20.4 Å². The molecule has 2 aliphatic heterocycles. The molecule has 31 heavy (non-hydrogen) atoms. The molecule has 6 nitrogen and oxygen atoms in total. The lowest BCUT2D eigenvalue weighted by atomic mass is 10.0. The highest BCUT2D eigenvalue weighted by atomic mass is 127. The third-order valence-electron chi connectivity index (χ3n) is 6.05. The van der Waals surface area contributed by atoms with E-state index in [-0.39, 0.29) is 30.1 Å². The van der Waals surface area contributed by atoms with Crippen molar-refractivity contribution in [2.75, 3.05) is 45.8 Å². The smallest absolute Gasteiger partial charge is 0.191 e. The van der Waals surface area contributed by atoms with Crippen LogP contribution >= 0.6 is 35.6 Å². The van der Waals surface area contributed by atoms with Crippen LogP contribution in [-0.2, 0) is 6.54 Å². The van der Waals surface area contributed by atoms with E-state index in [2.05, 4.69) is 39.5 Å². The number of aliphatic hydroxyl groups is 1. The van der Waals surface area contributed by atoms with Crippen molar-refractivity contribution in [2.24, 2.45) is 4.99 Å². The number of nitrogens with zero attached hydrogens (tertiary/aromatic N) is 3. The lowest BCUT2D eigenvalue weighted by Crippen LogP contribution is -2.48. The van der Waals surface area contributed by atoms with Crippen LogP contribution in [0.4, 0.5) is 0 Å². The van der Waals surface area contributed by atoms with Crippen molar-refractivity contribution in [3.8, 4) is 0 Å². The largest absolute Gasteiger partial charge is 0.393 e. The highest BCUT2D eigenvalue weighted by Crippen LogP contribution is 2.16. The second-order valence-corrected chi connectivity index (χ2v) is 8.94. The summed E-state index contributed by atoms with van der Waals surface area (Å²) in [6.07, 6.45) is 5.05. The number of hydrogen-bond donors (Lipinski definition) is 3. The van der Waals surface area contributed by atoms with Gasteiger partial charge >= 0.3 is 0 Å². The topological polar surface area (TPSA) is 63.1 Å². The van der Waals surface area contributed by atoms with Crippen LogP contribution in [0.15, 0.2) is 29.3 Å². The minimum Gasteiger partial charge on any atom is -0.393 e. The molecule has 3 N–H and O–H groups in total. The average Bonchev–Trinajstić information content (AvgIpc) is 2.75. The number of nitrogens with one attached hydrogen (secondary N) is 2. The van der Waals surface area contributed by atoms with Crippen molar-refractivity contribution in [2.45, 2.75) is 57.7 Å². The minimum absolute atomic E-state index is 0. The number of likely N-dealkylation sites (tertiary alicyclic amines) is 2. The van der Waals surface area contributed by atoms with E-state index in [9.17, 15) is 5.11 Å². The molecule has 0 saturated carbocycles. The van der Waals surface area contributed by atoms with E-state index >= 15 is 0 Å². The maximum atomic E-state index is 9.61. The van der Waals surface area contributed by atoms with E-state index < -0.39 is 0 Å². The Morgan fingerprint density at radius 3 is 2.35 bits per heavy atom. The summed E-state index contributed by atoms with van der Waals surface area (Å²) in [7, 11) is 0. The fraction of sp³-hybridized carbons (Fsp3) is 0.696. The highest BCUT2D eigenvalue weighted by Gasteiger charge is 2.20. The van der Waals surface area contributed by atoms with E-state index in [1.807, 2.05) is 12.1 Å². The van der Waals surface area contributed by atoms with Gasteiger partial charge < -0.3 is 20.6 Å². The third kappa shape index (κ3) is 9.82. The summed E-state index contributed by atoms with van der Waals surface area (Å²) in [5.74, 6) is 0.947. The first kappa shape index (κ1) is 26.6. The van der Waals surface area contributed by atoms with Crippen LogP contribution in [0.1, 0.15) is 44.6 Å². The molecule has 2 heterocycles. The Kier molecular flexibility index (Phi) is 12.5. The van der Waals surface area contributed by atoms with Crippen molar-refractivity contribution < 1.29 is 5.11 Å². The summed E-state index contributed by atoms with van der Waals surface area (Å²) >= 11 is 5.99. The van der Waals surface area contributed by atoms with Gasteiger partial charge in [0.25, 0.3) is 0 Å². The number of hydrogen-bond acceptors (Lipinski definition) is 4. The maximum absolute atomic E-state index is 9.61. The molecule has 2 aliphatic rings. The van der Waals surface area contributed by atoms with Gasteiger partial charge in [-0.3, -0.25) is 9.89 Å². The first-order chi connectivity index (χ1) is 14.6. The Labute approximate surface area is 209 Å². The Bertz CT molecular complexity index is 644. The monoisotopic (exact) mass is 563 g/mol. The summed E-state index contributed by atoms with van der Waals surface area (Å²) in [6, 6.07) is 8.66. The summed E-state index contributed by atoms with van der Waals surface area (Å²) < 4.78 is 0. The van der Waals surface area contributed by atoms with Crippen LogP contribution in [0, 0.1) is 0 Å². The van der Waals surface area contributed by atoms with Crippen molar-refractivity contribution in [1.29, 1.82) is 0 Å². The van der Waals surface area contributed by atoms with Gasteiger partial charge in [-0.05, 0) is 63.3 Å². The van der Waals surface area contributed by atoms with E-state index in [0.29, 0.717) is 6.04 Å². The van der Waals surface area contributed by atoms with Gasteiger partial charge in [-0.1, -0.05) is 23.7 Å². The fourth-order valence-corrected chi connectivity index (χ4v) is 4.35. The van der Waals surface area contributed by atoms with Crippen LogP contribution in [0.25, 0.3) is 0 Å². The molecule has 8 heteroatoms. The number of halogens is 2. The second kappa shape index (κ2) is 14.5. The zero-order chi connectivity index (χ0) is 21.2. The SMILES string of the molecule is CCNC(=NCCCN1CCC(O)CC1)NC1CCN(Cc2ccc(Cl)cc2)CC1.I. The van der Waals surface area contributed by atoms with Gasteiger partial charge in [0.1, 0.15) is 0 Å². The summed E-state index contributed by atoms with van der Waals surface area (Å²) in [5.41, 5.74) is 1.32. The number of piperidine rings is 2. The molecular formula is C23H39ClIN5O. The van der Waals surface area contributed by atoms with Gasteiger partial charge in [-0.25, -0.2) is 0 Å². The van der Waals surface area contributed by atoms with Gasteiger partial charge in [0.15, 0.2) is 5.96 Å². The highest BCUT2D eigenvalue weighted by molar-refractivity contribution is 14.0. The predicted molar refractivity (Wildman–Crippen MR) is 141 cm³/mol. The Hall–Kier alpha value is -0.610. The summed E-state index contributed by atoms with van der Waals surface area (Å²) in [6.45, 7) is 10.1. The third-order valence-corrected chi connectivity index (χ3v) is 6.30. The van der Waals surface area contributed by atoms with Crippen molar-refractivity contribution in [3.63, 3.8) is 0 Å². The van der Waals surface area contributed by atoms with E-state index in [4.69, 9.17) is 16.6 Å². The van der Waals surface area contributed by atoms with Gasteiger partial charge in [0.2, 0.25) is 0 Å². The average molecular weight is 564 g/mol. The zero-order valence-corrected chi connectivity index (χ0v) is 21.8. The minimum atomic E-state index is -0.0959. The molecule has 0 aromatic heterocycles. The van der Waals surface area contributed by atoms with Crippen LogP contribution in [0.3, 0.4) is 0 Å². The van der Waals surface area contributed by atoms with Crippen LogP contribution in [-0.4, -0.2) is 78.8 Å². The lowest BCUT2D eigenvalue weighted by molar-refractivity contribution is 0.0824. The van der Waals surface area contributed by atoms with E-state index in [0.717, 1.165) is 95.4 Å². The number of benzene rings is 1.